The van der Waals surface area contributed by atoms with Gasteiger partial charge in [0, 0.05) is 31.1 Å². The van der Waals surface area contributed by atoms with Gasteiger partial charge < -0.3 is 14.4 Å². The van der Waals surface area contributed by atoms with Crippen LogP contribution in [0.25, 0.3) is 0 Å². The Kier molecular flexibility index (Phi) is 3.86. The van der Waals surface area contributed by atoms with Gasteiger partial charge in [-0.15, -0.1) is 0 Å². The number of benzene rings is 1. The van der Waals surface area contributed by atoms with E-state index in [9.17, 15) is 10.2 Å². The first-order valence-electron chi connectivity index (χ1n) is 7.60. The summed E-state index contributed by atoms with van der Waals surface area (Å²) < 4.78 is 11.3. The van der Waals surface area contributed by atoms with Gasteiger partial charge in [-0.3, -0.25) is 0 Å². The molecule has 2 aliphatic rings. The number of nitrogens with zero attached hydrogens (tertiary/aromatic N) is 3. The second-order valence-electron chi connectivity index (χ2n) is 6.30. The van der Waals surface area contributed by atoms with Crippen molar-refractivity contribution in [2.45, 2.75) is 25.9 Å². The fraction of sp³-hybridized carbons (Fsp3) is 0.562. The van der Waals surface area contributed by atoms with Crippen molar-refractivity contribution in [1.82, 2.24) is 0 Å². The molecule has 0 aromatic heterocycles. The van der Waals surface area contributed by atoms with Gasteiger partial charge in [0.15, 0.2) is 7.11 Å². The van der Waals surface area contributed by atoms with Crippen molar-refractivity contribution in [3.63, 3.8) is 0 Å². The average Bonchev–Trinajstić information content (AvgIpc) is 2.86. The molecule has 1 aromatic carbocycles. The number of hydrogen-bond donors (Lipinski definition) is 0. The number of morpholine rings is 1. The van der Waals surface area contributed by atoms with E-state index in [0.29, 0.717) is 60.3 Å². The van der Waals surface area contributed by atoms with Crippen LogP contribution in [-0.4, -0.2) is 43.9 Å². The summed E-state index contributed by atoms with van der Waals surface area (Å²) in [7, 11) is 1.32. The minimum Gasteiger partial charge on any atom is -0.486 e. The summed E-state index contributed by atoms with van der Waals surface area (Å²) in [6.45, 7) is 6.27. The molecule has 2 heterocycles. The highest BCUT2D eigenvalue weighted by atomic mass is 16.8. The fourth-order valence-electron chi connectivity index (χ4n) is 3.16. The summed E-state index contributed by atoms with van der Waals surface area (Å²) in [4.78, 5) is 19.5. The molecule has 0 amide bonds. The minimum absolute atomic E-state index is 0.339. The lowest BCUT2D eigenvalue weighted by molar-refractivity contribution is -0.736. The summed E-state index contributed by atoms with van der Waals surface area (Å²) in [5.41, 5.74) is 1.75. The molecular weight excluding hydrogens is 298 g/mol. The summed E-state index contributed by atoms with van der Waals surface area (Å²) in [5, 5.41) is 9.71. The SMILES string of the molecule is CO[N+](=O)c1cc2c(c(C#N)c1N1CCOCC1)OC(C)(C)C2. The molecule has 1 aromatic rings. The van der Waals surface area contributed by atoms with Crippen LogP contribution in [0.5, 0.6) is 5.75 Å². The van der Waals surface area contributed by atoms with Crippen molar-refractivity contribution >= 4 is 11.4 Å². The number of rotatable bonds is 3. The van der Waals surface area contributed by atoms with Crippen LogP contribution in [0, 0.1) is 16.2 Å². The molecule has 0 spiro atoms. The molecule has 0 aliphatic carbocycles. The molecule has 122 valence electrons. The molecule has 1 fully saturated rings. The Balaban J connectivity index is 2.19. The fourth-order valence-corrected chi connectivity index (χ4v) is 3.16. The lowest BCUT2D eigenvalue weighted by atomic mass is 9.98. The number of fused-ring (bicyclic) bond motifs is 1. The van der Waals surface area contributed by atoms with E-state index in [1.807, 2.05) is 18.7 Å². The van der Waals surface area contributed by atoms with Gasteiger partial charge in [-0.05, 0) is 13.8 Å². The Morgan fingerprint density at radius 2 is 2.09 bits per heavy atom. The van der Waals surface area contributed by atoms with Crippen molar-refractivity contribution in [2.24, 2.45) is 0 Å². The van der Waals surface area contributed by atoms with Crippen molar-refractivity contribution in [2.75, 3.05) is 38.3 Å². The van der Waals surface area contributed by atoms with Crippen LogP contribution >= 0.6 is 0 Å². The van der Waals surface area contributed by atoms with Gasteiger partial charge in [0.05, 0.1) is 18.1 Å². The van der Waals surface area contributed by atoms with Crippen LogP contribution < -0.4 is 9.64 Å². The Morgan fingerprint density at radius 3 is 2.70 bits per heavy atom. The highest BCUT2D eigenvalue weighted by Gasteiger charge is 2.39. The van der Waals surface area contributed by atoms with E-state index < -0.39 is 5.60 Å². The molecule has 0 atom stereocenters. The van der Waals surface area contributed by atoms with E-state index in [2.05, 4.69) is 6.07 Å². The van der Waals surface area contributed by atoms with Crippen LogP contribution in [0.15, 0.2) is 6.07 Å². The van der Waals surface area contributed by atoms with E-state index in [4.69, 9.17) is 14.3 Å². The largest absolute Gasteiger partial charge is 0.486 e. The van der Waals surface area contributed by atoms with E-state index in [0.717, 1.165) is 5.56 Å². The van der Waals surface area contributed by atoms with Crippen molar-refractivity contribution in [1.29, 1.82) is 5.26 Å². The zero-order chi connectivity index (χ0) is 16.6. The standard InChI is InChI=1S/C16H20N3O4/c1-16(2)9-11-8-13(19(20)21-3)14(12(10-17)15(11)23-16)18-4-6-22-7-5-18/h8H,4-7,9H2,1-3H3/q+1. The molecule has 23 heavy (non-hydrogen) atoms. The van der Waals surface area contributed by atoms with Crippen LogP contribution in [0.1, 0.15) is 25.0 Å². The van der Waals surface area contributed by atoms with Gasteiger partial charge in [0.2, 0.25) is 0 Å². The molecular formula is C16H20N3O4+. The molecule has 0 saturated carbocycles. The lowest BCUT2D eigenvalue weighted by Gasteiger charge is -2.29. The van der Waals surface area contributed by atoms with E-state index in [1.165, 1.54) is 7.11 Å². The quantitative estimate of drug-likeness (QED) is 0.794. The van der Waals surface area contributed by atoms with Gasteiger partial charge >= 0.3 is 5.69 Å². The third-order valence-electron chi connectivity index (χ3n) is 4.11. The summed E-state index contributed by atoms with van der Waals surface area (Å²) in [6, 6.07) is 3.99. The van der Waals surface area contributed by atoms with E-state index >= 15 is 0 Å². The number of ether oxygens (including phenoxy) is 2. The zero-order valence-electron chi connectivity index (χ0n) is 13.6. The van der Waals surface area contributed by atoms with Crippen LogP contribution in [0.4, 0.5) is 11.4 Å². The minimum atomic E-state index is -0.393. The summed E-state index contributed by atoms with van der Waals surface area (Å²) in [5.74, 6) is 0.576. The number of anilines is 1. The Labute approximate surface area is 134 Å². The molecule has 7 nitrogen and oxygen atoms in total. The third kappa shape index (κ3) is 2.70. The van der Waals surface area contributed by atoms with Crippen LogP contribution in [0.3, 0.4) is 0 Å². The number of nitriles is 1. The lowest BCUT2D eigenvalue weighted by Crippen LogP contribution is -2.37. The van der Waals surface area contributed by atoms with Crippen molar-refractivity contribution in [3.8, 4) is 11.8 Å². The molecule has 7 heteroatoms. The molecule has 0 unspecified atom stereocenters. The Hall–Kier alpha value is -2.33. The third-order valence-corrected chi connectivity index (χ3v) is 4.11. The summed E-state index contributed by atoms with van der Waals surface area (Å²) >= 11 is 0. The first-order chi connectivity index (χ1) is 11.0. The first-order valence-corrected chi connectivity index (χ1v) is 7.60. The van der Waals surface area contributed by atoms with Gasteiger partial charge in [-0.1, -0.05) is 0 Å². The number of hydrogen-bond acceptors (Lipinski definition) is 6. The maximum Gasteiger partial charge on any atom is 0.341 e. The molecule has 1 saturated heterocycles. The average molecular weight is 318 g/mol. The highest BCUT2D eigenvalue weighted by molar-refractivity contribution is 5.78. The van der Waals surface area contributed by atoms with Gasteiger partial charge in [-0.25, -0.2) is 4.84 Å². The molecule has 2 aliphatic heterocycles. The predicted octanol–water partition coefficient (Wildman–Crippen LogP) is 2.08. The normalized spacial score (nSPS) is 18.8. The van der Waals surface area contributed by atoms with Gasteiger partial charge in [-0.2, -0.15) is 5.26 Å². The Bertz CT molecular complexity index is 688. The first kappa shape index (κ1) is 15.6. The van der Waals surface area contributed by atoms with Crippen molar-refractivity contribution < 1.29 is 19.2 Å². The maximum atomic E-state index is 12.2. The van der Waals surface area contributed by atoms with Gasteiger partial charge in [0.25, 0.3) is 4.92 Å². The van der Waals surface area contributed by atoms with Crippen LogP contribution in [-0.2, 0) is 16.0 Å². The monoisotopic (exact) mass is 318 g/mol. The van der Waals surface area contributed by atoms with Gasteiger partial charge in [0.1, 0.15) is 28.7 Å². The van der Waals surface area contributed by atoms with E-state index in [-0.39, 0.29) is 0 Å². The second kappa shape index (κ2) is 5.70. The second-order valence-corrected chi connectivity index (χ2v) is 6.30. The highest BCUT2D eigenvalue weighted by Crippen LogP contribution is 2.46. The molecule has 0 N–H and O–H groups in total. The predicted molar refractivity (Wildman–Crippen MR) is 82.9 cm³/mol. The smallest absolute Gasteiger partial charge is 0.341 e. The Morgan fingerprint density at radius 1 is 1.39 bits per heavy atom. The van der Waals surface area contributed by atoms with E-state index in [1.54, 1.807) is 6.07 Å². The summed E-state index contributed by atoms with van der Waals surface area (Å²) in [6.07, 6.45) is 0.644. The molecule has 0 radical (unpaired) electrons. The maximum absolute atomic E-state index is 12.2. The molecule has 0 bridgehead atoms. The molecule has 3 rings (SSSR count). The zero-order valence-corrected chi connectivity index (χ0v) is 13.6. The van der Waals surface area contributed by atoms with Crippen LogP contribution in [0.2, 0.25) is 0 Å². The topological polar surface area (TPSA) is 74.8 Å². The van der Waals surface area contributed by atoms with Crippen molar-refractivity contribution in [3.05, 3.63) is 22.1 Å².